The van der Waals surface area contributed by atoms with E-state index in [1.165, 1.54) is 28.6 Å². The highest BCUT2D eigenvalue weighted by Gasteiger charge is 2.37. The van der Waals surface area contributed by atoms with Crippen molar-refractivity contribution >= 4 is 33.2 Å². The minimum atomic E-state index is -3.87. The molecule has 1 N–H and O–H groups in total. The zero-order valence-corrected chi connectivity index (χ0v) is 15.9. The van der Waals surface area contributed by atoms with Crippen molar-refractivity contribution in [3.05, 3.63) is 53.6 Å². The van der Waals surface area contributed by atoms with Crippen molar-refractivity contribution in [1.82, 2.24) is 5.32 Å². The molecule has 0 radical (unpaired) electrons. The fourth-order valence-corrected chi connectivity index (χ4v) is 4.28. The van der Waals surface area contributed by atoms with E-state index in [9.17, 15) is 13.2 Å². The predicted molar refractivity (Wildman–Crippen MR) is 100 cm³/mol. The molecule has 0 aromatic heterocycles. The first-order valence-electron chi connectivity index (χ1n) is 8.13. The lowest BCUT2D eigenvalue weighted by molar-refractivity contribution is -0.128. The van der Waals surface area contributed by atoms with Gasteiger partial charge in [-0.3, -0.25) is 9.10 Å². The van der Waals surface area contributed by atoms with E-state index in [2.05, 4.69) is 5.32 Å². The Labute approximate surface area is 157 Å². The summed E-state index contributed by atoms with van der Waals surface area (Å²) in [6.45, 7) is 3.55. The van der Waals surface area contributed by atoms with E-state index in [4.69, 9.17) is 16.3 Å². The van der Waals surface area contributed by atoms with E-state index in [-0.39, 0.29) is 23.4 Å². The zero-order valence-electron chi connectivity index (χ0n) is 14.3. The average Bonchev–Trinajstić information content (AvgIpc) is 2.60. The number of para-hydroxylation sites is 2. The minimum absolute atomic E-state index is 0.0791. The third kappa shape index (κ3) is 3.64. The molecule has 6 nitrogen and oxygen atoms in total. The molecule has 138 valence electrons. The molecule has 0 saturated heterocycles. The summed E-state index contributed by atoms with van der Waals surface area (Å²) >= 11 is 5.86. The highest BCUT2D eigenvalue weighted by molar-refractivity contribution is 7.92. The first-order chi connectivity index (χ1) is 12.3. The fraction of sp³-hybridized carbons (Fsp3) is 0.278. The molecule has 1 heterocycles. The Balaban J connectivity index is 2.01. The Morgan fingerprint density at radius 3 is 2.50 bits per heavy atom. The number of ether oxygens (including phenoxy) is 1. The van der Waals surface area contributed by atoms with E-state index in [1.807, 2.05) is 13.8 Å². The zero-order chi connectivity index (χ0) is 18.9. The van der Waals surface area contributed by atoms with Crippen LogP contribution in [-0.2, 0) is 14.8 Å². The van der Waals surface area contributed by atoms with Crippen LogP contribution < -0.4 is 14.4 Å². The van der Waals surface area contributed by atoms with E-state index in [0.29, 0.717) is 16.5 Å². The van der Waals surface area contributed by atoms with Crippen LogP contribution in [0.4, 0.5) is 5.69 Å². The van der Waals surface area contributed by atoms with Crippen molar-refractivity contribution in [3.8, 4) is 5.75 Å². The molecule has 0 aliphatic carbocycles. The number of benzene rings is 2. The first-order valence-corrected chi connectivity index (χ1v) is 9.95. The fourth-order valence-electron chi connectivity index (χ4n) is 2.68. The molecule has 0 fully saturated rings. The quantitative estimate of drug-likeness (QED) is 0.865. The standard InChI is InChI=1S/C18H19ClN2O4S/c1-12(2)20-18(22)17-11-21(15-5-3-4-6-16(15)25-17)26(23,24)14-9-7-13(19)8-10-14/h3-10,12,17H,11H2,1-2H3,(H,20,22). The van der Waals surface area contributed by atoms with Gasteiger partial charge in [0.15, 0.2) is 6.10 Å². The van der Waals surface area contributed by atoms with Crippen molar-refractivity contribution in [2.24, 2.45) is 0 Å². The molecular formula is C18H19ClN2O4S. The van der Waals surface area contributed by atoms with E-state index >= 15 is 0 Å². The van der Waals surface area contributed by atoms with Gasteiger partial charge in [0.25, 0.3) is 15.9 Å². The number of carbonyl (C=O) groups is 1. The highest BCUT2D eigenvalue weighted by Crippen LogP contribution is 2.36. The van der Waals surface area contributed by atoms with Gasteiger partial charge in [-0.05, 0) is 50.2 Å². The molecule has 1 aliphatic rings. The van der Waals surface area contributed by atoms with E-state index in [1.54, 1.807) is 24.3 Å². The number of amides is 1. The van der Waals surface area contributed by atoms with Crippen LogP contribution in [0.2, 0.25) is 5.02 Å². The number of halogens is 1. The van der Waals surface area contributed by atoms with Crippen molar-refractivity contribution < 1.29 is 17.9 Å². The van der Waals surface area contributed by atoms with Gasteiger partial charge in [0.05, 0.1) is 17.1 Å². The number of sulfonamides is 1. The Hall–Kier alpha value is -2.25. The molecule has 0 saturated carbocycles. The third-order valence-electron chi connectivity index (χ3n) is 3.86. The van der Waals surface area contributed by atoms with Crippen molar-refractivity contribution in [2.45, 2.75) is 30.9 Å². The molecule has 3 rings (SSSR count). The SMILES string of the molecule is CC(C)NC(=O)C1CN(S(=O)(=O)c2ccc(Cl)cc2)c2ccccc2O1. The monoisotopic (exact) mass is 394 g/mol. The van der Waals surface area contributed by atoms with Gasteiger partial charge in [0.2, 0.25) is 0 Å². The number of hydrogen-bond donors (Lipinski definition) is 1. The van der Waals surface area contributed by atoms with Gasteiger partial charge in [-0.25, -0.2) is 8.42 Å². The summed E-state index contributed by atoms with van der Waals surface area (Å²) < 4.78 is 33.2. The molecule has 8 heteroatoms. The van der Waals surface area contributed by atoms with Crippen molar-refractivity contribution in [3.63, 3.8) is 0 Å². The number of hydrogen-bond acceptors (Lipinski definition) is 4. The molecule has 1 unspecified atom stereocenters. The normalized spacial score (nSPS) is 16.8. The number of rotatable bonds is 4. The van der Waals surface area contributed by atoms with E-state index in [0.717, 1.165) is 0 Å². The van der Waals surface area contributed by atoms with Gasteiger partial charge in [0, 0.05) is 11.1 Å². The molecule has 1 atom stereocenters. The molecule has 1 aliphatic heterocycles. The summed E-state index contributed by atoms with van der Waals surface area (Å²) in [5, 5.41) is 3.20. The second kappa shape index (κ2) is 7.17. The maximum atomic E-state index is 13.1. The summed E-state index contributed by atoms with van der Waals surface area (Å²) in [5.74, 6) is -0.00833. The lowest BCUT2D eigenvalue weighted by Crippen LogP contribution is -2.51. The van der Waals surface area contributed by atoms with Crippen LogP contribution in [0.25, 0.3) is 0 Å². The minimum Gasteiger partial charge on any atom is -0.476 e. The number of carbonyl (C=O) groups excluding carboxylic acids is 1. The van der Waals surface area contributed by atoms with Gasteiger partial charge in [-0.15, -0.1) is 0 Å². The summed E-state index contributed by atoms with van der Waals surface area (Å²) in [4.78, 5) is 12.5. The molecule has 26 heavy (non-hydrogen) atoms. The molecule has 0 spiro atoms. The van der Waals surface area contributed by atoms with Gasteiger partial charge in [0.1, 0.15) is 5.75 Å². The van der Waals surface area contributed by atoms with E-state index < -0.39 is 16.1 Å². The Morgan fingerprint density at radius 2 is 1.85 bits per heavy atom. The van der Waals surface area contributed by atoms with Crippen LogP contribution in [0.15, 0.2) is 53.4 Å². The topological polar surface area (TPSA) is 75.7 Å². The summed E-state index contributed by atoms with van der Waals surface area (Å²) in [6.07, 6.45) is -0.936. The molecule has 1 amide bonds. The van der Waals surface area contributed by atoms with Crippen LogP contribution >= 0.6 is 11.6 Å². The van der Waals surface area contributed by atoms with Crippen LogP contribution in [0, 0.1) is 0 Å². The van der Waals surface area contributed by atoms with Gasteiger partial charge in [-0.1, -0.05) is 23.7 Å². The summed E-state index contributed by atoms with van der Waals surface area (Å²) in [6, 6.07) is 12.6. The second-order valence-electron chi connectivity index (χ2n) is 6.23. The lowest BCUT2D eigenvalue weighted by atomic mass is 10.2. The highest BCUT2D eigenvalue weighted by atomic mass is 35.5. The molecule has 0 bridgehead atoms. The second-order valence-corrected chi connectivity index (χ2v) is 8.53. The first kappa shape index (κ1) is 18.5. The third-order valence-corrected chi connectivity index (χ3v) is 5.91. The largest absolute Gasteiger partial charge is 0.476 e. The van der Waals surface area contributed by atoms with Crippen LogP contribution in [0.1, 0.15) is 13.8 Å². The van der Waals surface area contributed by atoms with Crippen molar-refractivity contribution in [2.75, 3.05) is 10.8 Å². The average molecular weight is 395 g/mol. The molecular weight excluding hydrogens is 376 g/mol. The predicted octanol–water partition coefficient (Wildman–Crippen LogP) is 2.82. The number of fused-ring (bicyclic) bond motifs is 1. The number of nitrogens with zero attached hydrogens (tertiary/aromatic N) is 1. The maximum absolute atomic E-state index is 13.1. The summed E-state index contributed by atoms with van der Waals surface area (Å²) in [7, 11) is -3.87. The number of anilines is 1. The Morgan fingerprint density at radius 1 is 1.19 bits per heavy atom. The van der Waals surface area contributed by atoms with Crippen LogP contribution in [-0.4, -0.2) is 33.0 Å². The van der Waals surface area contributed by atoms with Crippen molar-refractivity contribution in [1.29, 1.82) is 0 Å². The lowest BCUT2D eigenvalue weighted by Gasteiger charge is -2.35. The summed E-state index contributed by atoms with van der Waals surface area (Å²) in [5.41, 5.74) is 0.399. The number of nitrogens with one attached hydrogen (secondary N) is 1. The van der Waals surface area contributed by atoms with Gasteiger partial charge in [-0.2, -0.15) is 0 Å². The van der Waals surface area contributed by atoms with Gasteiger partial charge < -0.3 is 10.1 Å². The van der Waals surface area contributed by atoms with Crippen LogP contribution in [0.5, 0.6) is 5.75 Å². The van der Waals surface area contributed by atoms with Gasteiger partial charge >= 0.3 is 0 Å². The Bertz CT molecular complexity index is 913. The molecule has 2 aromatic carbocycles. The van der Waals surface area contributed by atoms with Crippen LogP contribution in [0.3, 0.4) is 0 Å². The molecule has 2 aromatic rings. The Kier molecular flexibility index (Phi) is 5.11. The smallest absolute Gasteiger partial charge is 0.264 e. The maximum Gasteiger partial charge on any atom is 0.264 e.